The zero-order valence-corrected chi connectivity index (χ0v) is 28.0. The van der Waals surface area contributed by atoms with E-state index in [1.165, 1.54) is 13.3 Å². The van der Waals surface area contributed by atoms with E-state index in [2.05, 4.69) is 32.3 Å². The molecule has 6 atom stereocenters. The van der Waals surface area contributed by atoms with Gasteiger partial charge in [-0.15, -0.1) is 5.92 Å². The van der Waals surface area contributed by atoms with E-state index in [1.807, 2.05) is 12.1 Å². The van der Waals surface area contributed by atoms with Crippen molar-refractivity contribution in [1.82, 2.24) is 20.4 Å². The summed E-state index contributed by atoms with van der Waals surface area (Å²) < 4.78 is 12.1. The van der Waals surface area contributed by atoms with Crippen molar-refractivity contribution in [3.05, 3.63) is 23.8 Å². The fourth-order valence-corrected chi connectivity index (χ4v) is 8.39. The van der Waals surface area contributed by atoms with Crippen LogP contribution >= 0.6 is 0 Å². The summed E-state index contributed by atoms with van der Waals surface area (Å²) in [6.07, 6.45) is 5.55. The molecule has 1 aromatic rings. The zero-order valence-electron chi connectivity index (χ0n) is 28.0. The zero-order chi connectivity index (χ0) is 32.8. The Hall–Kier alpha value is -3.04. The molecule has 11 heteroatoms. The van der Waals surface area contributed by atoms with Gasteiger partial charge in [0.1, 0.15) is 12.2 Å². The van der Waals surface area contributed by atoms with Crippen molar-refractivity contribution in [3.63, 3.8) is 0 Å². The molecule has 0 radical (unpaired) electrons. The van der Waals surface area contributed by atoms with Gasteiger partial charge < -0.3 is 41.0 Å². The first-order chi connectivity index (χ1) is 22.7. The topological polar surface area (TPSA) is 145 Å². The van der Waals surface area contributed by atoms with Crippen molar-refractivity contribution < 1.29 is 24.5 Å². The highest BCUT2D eigenvalue weighted by atomic mass is 16.5. The maximum absolute atomic E-state index is 12.2. The summed E-state index contributed by atoms with van der Waals surface area (Å²) in [5, 5.41) is 28.7. The van der Waals surface area contributed by atoms with Crippen LogP contribution in [0.25, 0.3) is 0 Å². The molecule has 7 rings (SSSR count). The molecule has 1 spiro atoms. The summed E-state index contributed by atoms with van der Waals surface area (Å²) in [6.45, 7) is 9.70. The molecule has 6 N–H and O–H groups in total. The van der Waals surface area contributed by atoms with Gasteiger partial charge in [-0.1, -0.05) is 12.0 Å². The number of hydrogen-bond acceptors (Lipinski definition) is 11. The first-order valence-electron chi connectivity index (χ1n) is 17.7. The molecular weight excluding hydrogens is 596 g/mol. The average molecular weight is 651 g/mol. The maximum atomic E-state index is 12.2. The number of nitrogens with one attached hydrogen (secondary N) is 2. The van der Waals surface area contributed by atoms with Gasteiger partial charge in [0.05, 0.1) is 18.2 Å². The summed E-state index contributed by atoms with van der Waals surface area (Å²) in [7, 11) is 0. The first-order valence-corrected chi connectivity index (χ1v) is 17.7. The number of carbonyl (C=O) groups is 1. The number of nitrogens with zero attached hydrogens (tertiary/aromatic N) is 3. The van der Waals surface area contributed by atoms with Crippen LogP contribution < -0.4 is 21.1 Å². The normalized spacial score (nSPS) is 35.2. The van der Waals surface area contributed by atoms with E-state index in [-0.39, 0.29) is 23.7 Å². The van der Waals surface area contributed by atoms with E-state index in [0.717, 1.165) is 70.6 Å². The second kappa shape index (κ2) is 15.5. The average Bonchev–Trinajstić information content (AvgIpc) is 3.05. The van der Waals surface area contributed by atoms with Crippen LogP contribution in [-0.2, 0) is 16.0 Å². The van der Waals surface area contributed by atoms with Crippen molar-refractivity contribution in [1.29, 1.82) is 0 Å². The highest BCUT2D eigenvalue weighted by Crippen LogP contribution is 2.36. The third-order valence-corrected chi connectivity index (χ3v) is 10.8. The van der Waals surface area contributed by atoms with Crippen LogP contribution in [0.5, 0.6) is 11.5 Å². The number of ether oxygens (including phenoxy) is 2. The van der Waals surface area contributed by atoms with E-state index >= 15 is 0 Å². The Morgan fingerprint density at radius 2 is 1.87 bits per heavy atom. The monoisotopic (exact) mass is 650 g/mol. The maximum Gasteiger partial charge on any atom is 0.302 e. The number of carbonyl (C=O) groups excluding carboxylic acids is 1. The third-order valence-electron chi connectivity index (χ3n) is 10.8. The van der Waals surface area contributed by atoms with Crippen LogP contribution in [0.3, 0.4) is 0 Å². The number of fused-ring (bicyclic) bond motifs is 4. The SMILES string of the molecule is CC(=O)OC1CC(O)CCC2(C#CCC1Cc1ccc(O)c(OC3CCNCC3)c1)CCN1CC3CC(C1)CN(CN=C(N)NC2)C3. The van der Waals surface area contributed by atoms with E-state index in [1.54, 1.807) is 6.07 Å². The highest BCUT2D eigenvalue weighted by molar-refractivity contribution is 5.77. The lowest BCUT2D eigenvalue weighted by Crippen LogP contribution is -2.53. The molecule has 5 aliphatic heterocycles. The minimum absolute atomic E-state index is 0.0547. The fraction of sp³-hybridized carbons (Fsp3) is 0.722. The Labute approximate surface area is 279 Å². The molecule has 1 aliphatic carbocycles. The van der Waals surface area contributed by atoms with Gasteiger partial charge in [-0.2, -0.15) is 0 Å². The predicted molar refractivity (Wildman–Crippen MR) is 181 cm³/mol. The molecule has 0 saturated carbocycles. The number of aromatic hydroxyl groups is 1. The van der Waals surface area contributed by atoms with Crippen LogP contribution in [0.1, 0.15) is 63.9 Å². The molecule has 11 nitrogen and oxygen atoms in total. The number of guanidine groups is 1. The molecule has 5 heterocycles. The van der Waals surface area contributed by atoms with E-state index in [0.29, 0.717) is 68.9 Å². The van der Waals surface area contributed by atoms with Crippen molar-refractivity contribution in [2.45, 2.75) is 83.0 Å². The molecule has 1 aromatic carbocycles. The van der Waals surface area contributed by atoms with Gasteiger partial charge in [0.25, 0.3) is 0 Å². The lowest BCUT2D eigenvalue weighted by Gasteiger charge is -2.46. The Balaban J connectivity index is 1.24. The van der Waals surface area contributed by atoms with Crippen molar-refractivity contribution in [2.75, 3.05) is 59.0 Å². The smallest absolute Gasteiger partial charge is 0.302 e. The van der Waals surface area contributed by atoms with Crippen molar-refractivity contribution >= 4 is 11.9 Å². The Bertz CT molecular complexity index is 1310. The second-order valence-corrected chi connectivity index (χ2v) is 14.7. The Morgan fingerprint density at radius 1 is 1.11 bits per heavy atom. The summed E-state index contributed by atoms with van der Waals surface area (Å²) in [6, 6.07) is 5.48. The Kier molecular flexibility index (Phi) is 11.1. The van der Waals surface area contributed by atoms with E-state index in [4.69, 9.17) is 20.2 Å². The first kappa shape index (κ1) is 33.8. The molecule has 0 amide bonds. The minimum atomic E-state index is -0.646. The molecular formula is C36H54N6O5. The van der Waals surface area contributed by atoms with E-state index in [9.17, 15) is 15.0 Å². The lowest BCUT2D eigenvalue weighted by molar-refractivity contribution is -0.151. The number of rotatable bonds is 5. The molecule has 4 bridgehead atoms. The number of esters is 1. The second-order valence-electron chi connectivity index (χ2n) is 14.7. The molecule has 258 valence electrons. The van der Waals surface area contributed by atoms with Crippen molar-refractivity contribution in [3.8, 4) is 23.3 Å². The number of phenols is 1. The van der Waals surface area contributed by atoms with Crippen LogP contribution in [-0.4, -0.2) is 109 Å². The number of aliphatic hydroxyl groups excluding tert-OH is 1. The summed E-state index contributed by atoms with van der Waals surface area (Å²) in [5.41, 5.74) is 6.97. The number of aliphatic imine (C=N–C) groups is 1. The van der Waals surface area contributed by atoms with Crippen LogP contribution in [0, 0.1) is 35.0 Å². The highest BCUT2D eigenvalue weighted by Gasteiger charge is 2.37. The molecule has 47 heavy (non-hydrogen) atoms. The van der Waals surface area contributed by atoms with Crippen LogP contribution in [0.4, 0.5) is 0 Å². The van der Waals surface area contributed by atoms with Gasteiger partial charge in [0, 0.05) is 58.4 Å². The number of benzene rings is 1. The lowest BCUT2D eigenvalue weighted by atomic mass is 9.76. The summed E-state index contributed by atoms with van der Waals surface area (Å²) in [4.78, 5) is 22.0. The van der Waals surface area contributed by atoms with Gasteiger partial charge in [-0.05, 0) is 94.1 Å². The molecule has 3 saturated heterocycles. The number of piperidine rings is 3. The third kappa shape index (κ3) is 9.32. The standard InChI is InChI=1S/C36H54N6O5/c1-25(43)46-33-18-30(44)6-10-36(11-14-41-19-27-15-28(20-41)22-42(21-27)24-40-35(37)39-23-36)9-2-3-29(33)16-26-4-5-32(45)34(17-26)47-31-7-12-38-13-8-31/h4-5,17,27-31,33,38,44-45H,3,6-8,10-16,18-24H2,1H3,(H3,37,39,40). The number of hydrogen-bond donors (Lipinski definition) is 5. The summed E-state index contributed by atoms with van der Waals surface area (Å²) >= 11 is 0. The molecule has 6 aliphatic rings. The Morgan fingerprint density at radius 3 is 2.64 bits per heavy atom. The van der Waals surface area contributed by atoms with Gasteiger partial charge in [0.2, 0.25) is 0 Å². The van der Waals surface area contributed by atoms with Gasteiger partial charge in [0.15, 0.2) is 17.5 Å². The molecule has 6 unspecified atom stereocenters. The minimum Gasteiger partial charge on any atom is -0.504 e. The van der Waals surface area contributed by atoms with Gasteiger partial charge >= 0.3 is 5.97 Å². The number of nitrogens with two attached hydrogens (primary N) is 1. The molecule has 0 aromatic heterocycles. The van der Waals surface area contributed by atoms with E-state index < -0.39 is 17.6 Å². The van der Waals surface area contributed by atoms with Crippen LogP contribution in [0.2, 0.25) is 0 Å². The largest absolute Gasteiger partial charge is 0.504 e. The quantitative estimate of drug-likeness (QED) is 0.237. The van der Waals surface area contributed by atoms with Gasteiger partial charge in [-0.3, -0.25) is 9.69 Å². The van der Waals surface area contributed by atoms with Gasteiger partial charge in [-0.25, -0.2) is 4.99 Å². The predicted octanol–water partition coefficient (Wildman–Crippen LogP) is 2.06. The summed E-state index contributed by atoms with van der Waals surface area (Å²) in [5.74, 6) is 9.09. The number of aliphatic hydroxyl groups is 1. The number of phenolic OH excluding ortho intramolecular Hbond substituents is 1. The fourth-order valence-electron chi connectivity index (χ4n) is 8.39. The molecule has 3 fully saturated rings. The van der Waals surface area contributed by atoms with Crippen molar-refractivity contribution in [2.24, 2.45) is 33.9 Å². The van der Waals surface area contributed by atoms with Crippen LogP contribution in [0.15, 0.2) is 23.2 Å².